The first kappa shape index (κ1) is 20.7. The molecule has 1 aliphatic heterocycles. The molecule has 2 aliphatic rings. The number of rotatable bonds is 5. The highest BCUT2D eigenvalue weighted by Crippen LogP contribution is 2.33. The Kier molecular flexibility index (Phi) is 6.27. The number of esters is 1. The van der Waals surface area contributed by atoms with Crippen molar-refractivity contribution in [3.8, 4) is 11.5 Å². The quantitative estimate of drug-likeness (QED) is 0.535. The fraction of sp³-hybridized carbons (Fsp3) is 0.478. The van der Waals surface area contributed by atoms with Crippen molar-refractivity contribution in [1.82, 2.24) is 4.90 Å². The van der Waals surface area contributed by atoms with E-state index in [9.17, 15) is 9.59 Å². The Bertz CT molecular complexity index is 928. The van der Waals surface area contributed by atoms with E-state index in [-0.39, 0.29) is 12.5 Å². The second kappa shape index (κ2) is 9.08. The summed E-state index contributed by atoms with van der Waals surface area (Å²) in [5.74, 6) is 0.765. The molecule has 0 saturated heterocycles. The fourth-order valence-electron chi connectivity index (χ4n) is 4.15. The number of hydrogen-bond acceptors (Lipinski definition) is 6. The fourth-order valence-corrected chi connectivity index (χ4v) is 5.30. The largest absolute Gasteiger partial charge is 0.493 e. The molecule has 1 amide bonds. The number of nitrogens with zero attached hydrogens (tertiary/aromatic N) is 1. The van der Waals surface area contributed by atoms with Gasteiger partial charge in [0.15, 0.2) is 18.1 Å². The van der Waals surface area contributed by atoms with Crippen molar-refractivity contribution in [1.29, 1.82) is 0 Å². The van der Waals surface area contributed by atoms with Gasteiger partial charge in [0.2, 0.25) is 0 Å². The van der Waals surface area contributed by atoms with Gasteiger partial charge in [0, 0.05) is 18.0 Å². The molecule has 1 aromatic carbocycles. The van der Waals surface area contributed by atoms with E-state index < -0.39 is 5.97 Å². The maximum absolute atomic E-state index is 12.7. The maximum Gasteiger partial charge on any atom is 0.348 e. The Morgan fingerprint density at radius 1 is 0.933 bits per heavy atom. The highest BCUT2D eigenvalue weighted by atomic mass is 32.1. The Balaban J connectivity index is 1.36. The van der Waals surface area contributed by atoms with Gasteiger partial charge in [0.1, 0.15) is 4.88 Å². The highest BCUT2D eigenvalue weighted by molar-refractivity contribution is 7.14. The van der Waals surface area contributed by atoms with Crippen molar-refractivity contribution in [2.75, 3.05) is 27.4 Å². The van der Waals surface area contributed by atoms with Crippen molar-refractivity contribution in [2.45, 2.75) is 45.1 Å². The summed E-state index contributed by atoms with van der Waals surface area (Å²) in [4.78, 5) is 28.8. The summed E-state index contributed by atoms with van der Waals surface area (Å²) in [7, 11) is 3.21. The van der Waals surface area contributed by atoms with Crippen LogP contribution >= 0.6 is 11.3 Å². The lowest BCUT2D eigenvalue weighted by Gasteiger charge is -2.29. The number of benzene rings is 1. The van der Waals surface area contributed by atoms with Crippen molar-refractivity contribution in [3.05, 3.63) is 44.6 Å². The van der Waals surface area contributed by atoms with Gasteiger partial charge in [-0.15, -0.1) is 11.3 Å². The summed E-state index contributed by atoms with van der Waals surface area (Å²) in [6, 6.07) is 5.84. The highest BCUT2D eigenvalue weighted by Gasteiger charge is 2.24. The first-order valence-electron chi connectivity index (χ1n) is 10.4. The third-order valence-corrected chi connectivity index (χ3v) is 7.06. The molecule has 1 aromatic heterocycles. The molecule has 0 unspecified atom stereocenters. The first-order valence-corrected chi connectivity index (χ1v) is 11.2. The van der Waals surface area contributed by atoms with Crippen LogP contribution in [0.3, 0.4) is 0 Å². The zero-order chi connectivity index (χ0) is 21.1. The summed E-state index contributed by atoms with van der Waals surface area (Å²) in [6.45, 7) is 0.829. The van der Waals surface area contributed by atoms with E-state index in [0.29, 0.717) is 29.5 Å². The van der Waals surface area contributed by atoms with E-state index in [1.165, 1.54) is 41.0 Å². The summed E-state index contributed by atoms with van der Waals surface area (Å²) in [6.07, 6.45) is 6.38. The molecule has 0 saturated carbocycles. The van der Waals surface area contributed by atoms with Crippen LogP contribution in [0.4, 0.5) is 0 Å². The van der Waals surface area contributed by atoms with Crippen LogP contribution in [0.15, 0.2) is 18.2 Å². The zero-order valence-corrected chi connectivity index (χ0v) is 18.3. The van der Waals surface area contributed by atoms with Gasteiger partial charge < -0.3 is 19.1 Å². The maximum atomic E-state index is 12.7. The van der Waals surface area contributed by atoms with Crippen LogP contribution in [0.25, 0.3) is 0 Å². The summed E-state index contributed by atoms with van der Waals surface area (Å²) in [5.41, 5.74) is 3.45. The van der Waals surface area contributed by atoms with Crippen molar-refractivity contribution in [2.24, 2.45) is 0 Å². The van der Waals surface area contributed by atoms with Crippen LogP contribution in [0.5, 0.6) is 11.5 Å². The Morgan fingerprint density at radius 2 is 1.67 bits per heavy atom. The molecule has 0 radical (unpaired) electrons. The zero-order valence-electron chi connectivity index (χ0n) is 17.5. The molecule has 4 rings (SSSR count). The number of thiophene rings is 1. The van der Waals surface area contributed by atoms with E-state index in [1.807, 2.05) is 18.2 Å². The van der Waals surface area contributed by atoms with Crippen LogP contribution < -0.4 is 9.47 Å². The van der Waals surface area contributed by atoms with E-state index in [1.54, 1.807) is 19.1 Å². The number of aryl methyl sites for hydroxylation is 2. The minimum atomic E-state index is -0.398. The molecule has 6 nitrogen and oxygen atoms in total. The molecule has 0 N–H and O–H groups in total. The van der Waals surface area contributed by atoms with Crippen LogP contribution in [0.2, 0.25) is 0 Å². The lowest BCUT2D eigenvalue weighted by atomic mass is 9.99. The smallest absolute Gasteiger partial charge is 0.348 e. The van der Waals surface area contributed by atoms with E-state index in [0.717, 1.165) is 30.4 Å². The third-order valence-electron chi connectivity index (χ3n) is 5.85. The van der Waals surface area contributed by atoms with Gasteiger partial charge in [-0.2, -0.15) is 0 Å². The lowest BCUT2D eigenvalue weighted by Crippen LogP contribution is -2.38. The Morgan fingerprint density at radius 3 is 2.43 bits per heavy atom. The first-order chi connectivity index (χ1) is 14.6. The Labute approximate surface area is 180 Å². The molecule has 160 valence electrons. The summed E-state index contributed by atoms with van der Waals surface area (Å²) < 4.78 is 16.1. The second-order valence-electron chi connectivity index (χ2n) is 7.74. The molecule has 0 spiro atoms. The molecule has 30 heavy (non-hydrogen) atoms. The average Bonchev–Trinajstić information content (AvgIpc) is 3.06. The van der Waals surface area contributed by atoms with Gasteiger partial charge in [-0.25, -0.2) is 4.79 Å². The van der Waals surface area contributed by atoms with Crippen LogP contribution in [0, 0.1) is 0 Å². The normalized spacial score (nSPS) is 15.6. The molecular formula is C23H27NO5S. The van der Waals surface area contributed by atoms with Gasteiger partial charge in [0.25, 0.3) is 5.91 Å². The predicted molar refractivity (Wildman–Crippen MR) is 115 cm³/mol. The molecule has 1 aliphatic carbocycles. The molecule has 2 aromatic rings. The average molecular weight is 430 g/mol. The van der Waals surface area contributed by atoms with Gasteiger partial charge in [-0.3, -0.25) is 4.79 Å². The number of fused-ring (bicyclic) bond motifs is 2. The second-order valence-corrected chi connectivity index (χ2v) is 8.87. The monoisotopic (exact) mass is 429 g/mol. The van der Waals surface area contributed by atoms with Crippen LogP contribution in [0.1, 0.15) is 50.5 Å². The van der Waals surface area contributed by atoms with Crippen molar-refractivity contribution in [3.63, 3.8) is 0 Å². The van der Waals surface area contributed by atoms with E-state index in [2.05, 4.69) is 0 Å². The van der Waals surface area contributed by atoms with Crippen LogP contribution in [-0.4, -0.2) is 44.1 Å². The number of carbonyl (C=O) groups is 2. The van der Waals surface area contributed by atoms with Crippen LogP contribution in [-0.2, 0) is 35.3 Å². The summed E-state index contributed by atoms with van der Waals surface area (Å²) >= 11 is 1.52. The number of hydrogen-bond donors (Lipinski definition) is 0. The Hall–Kier alpha value is -2.54. The minimum absolute atomic E-state index is 0.179. The van der Waals surface area contributed by atoms with Crippen molar-refractivity contribution >= 4 is 23.2 Å². The third kappa shape index (κ3) is 4.31. The lowest BCUT2D eigenvalue weighted by molar-refractivity contribution is -0.135. The SMILES string of the molecule is COc1cc2c(cc1OC)CN(C(=O)COC(=O)c1cc3c(s1)CCCCC3)CC2. The van der Waals surface area contributed by atoms with Gasteiger partial charge in [-0.05, 0) is 67.0 Å². The number of methoxy groups -OCH3 is 2. The molecule has 0 atom stereocenters. The van der Waals surface area contributed by atoms with Gasteiger partial charge >= 0.3 is 5.97 Å². The van der Waals surface area contributed by atoms with E-state index in [4.69, 9.17) is 14.2 Å². The molecule has 0 bridgehead atoms. The van der Waals surface area contributed by atoms with E-state index >= 15 is 0 Å². The van der Waals surface area contributed by atoms with Gasteiger partial charge in [0.05, 0.1) is 14.2 Å². The predicted octanol–water partition coefficient (Wildman–Crippen LogP) is 3.78. The number of amides is 1. The molecule has 7 heteroatoms. The summed E-state index contributed by atoms with van der Waals surface area (Å²) in [5, 5.41) is 0. The molecule has 0 fully saturated rings. The van der Waals surface area contributed by atoms with Gasteiger partial charge in [-0.1, -0.05) is 6.42 Å². The molecular weight excluding hydrogens is 402 g/mol. The standard InChI is InChI=1S/C23H27NO5S/c1-27-18-10-15-8-9-24(13-17(15)11-19(18)28-2)22(25)14-29-23(26)21-12-16-6-4-3-5-7-20(16)30-21/h10-12H,3-9,13-14H2,1-2H3. The van der Waals surface area contributed by atoms with Crippen molar-refractivity contribution < 1.29 is 23.8 Å². The molecule has 2 heterocycles. The topological polar surface area (TPSA) is 65.1 Å². The number of ether oxygens (including phenoxy) is 3. The number of carbonyl (C=O) groups excluding carboxylic acids is 2. The minimum Gasteiger partial charge on any atom is -0.493 e.